The van der Waals surface area contributed by atoms with Crippen molar-refractivity contribution in [1.82, 2.24) is 49.2 Å². The zero-order valence-corrected chi connectivity index (χ0v) is 34.8. The highest BCUT2D eigenvalue weighted by molar-refractivity contribution is 7.99. The van der Waals surface area contributed by atoms with Crippen LogP contribution < -0.4 is 20.3 Å². The van der Waals surface area contributed by atoms with Gasteiger partial charge in [0.2, 0.25) is 11.8 Å². The number of carbonyl (C=O) groups excluding carboxylic acids is 1. The Morgan fingerprint density at radius 1 is 1.06 bits per heavy atom. The molecule has 0 spiro atoms. The van der Waals surface area contributed by atoms with Crippen LogP contribution >= 0.6 is 23.5 Å². The van der Waals surface area contributed by atoms with Crippen LogP contribution in [0, 0.1) is 17.6 Å². The van der Waals surface area contributed by atoms with Crippen LogP contribution in [0.1, 0.15) is 53.3 Å². The third-order valence-corrected chi connectivity index (χ3v) is 11.2. The van der Waals surface area contributed by atoms with Crippen LogP contribution in [0.3, 0.4) is 0 Å². The van der Waals surface area contributed by atoms with Crippen molar-refractivity contribution in [2.45, 2.75) is 51.1 Å². The molecule has 8 rings (SSSR count). The number of amides is 1. The zero-order chi connectivity index (χ0) is 44.2. The van der Waals surface area contributed by atoms with Crippen molar-refractivity contribution in [3.8, 4) is 11.6 Å². The lowest BCUT2D eigenvalue weighted by atomic mass is 10.0. The maximum Gasteiger partial charge on any atom is 0.292 e. The van der Waals surface area contributed by atoms with Crippen LogP contribution in [0.2, 0.25) is 5.02 Å². The predicted molar refractivity (Wildman–Crippen MR) is 219 cm³/mol. The van der Waals surface area contributed by atoms with Gasteiger partial charge in [0.05, 0.1) is 45.8 Å². The summed E-state index contributed by atoms with van der Waals surface area (Å²) in [5, 5.41) is 15.8. The molecule has 1 aliphatic rings. The van der Waals surface area contributed by atoms with Crippen LogP contribution in [0.15, 0.2) is 59.7 Å². The van der Waals surface area contributed by atoms with Crippen molar-refractivity contribution in [2.24, 2.45) is 20.0 Å². The predicted octanol–water partition coefficient (Wildman–Crippen LogP) is 7.16. The Morgan fingerprint density at radius 2 is 1.82 bits per heavy atom. The molecule has 0 saturated carbocycles. The smallest absolute Gasteiger partial charge is 0.292 e. The molecule has 0 radical (unpaired) electrons. The molecule has 14 nitrogen and oxygen atoms in total. The molecule has 22 heteroatoms. The number of alkyl halides is 4. The molecular weight excluding hydrogens is 864 g/mol. The molecule has 1 amide bonds. The molecule has 0 saturated heterocycles. The molecule has 2 N–H and O–H groups in total. The average molecular weight is 900 g/mol. The van der Waals surface area contributed by atoms with Gasteiger partial charge in [-0.1, -0.05) is 30.5 Å². The molecule has 1 aliphatic carbocycles. The van der Waals surface area contributed by atoms with E-state index in [0.717, 1.165) is 17.7 Å². The minimum absolute atomic E-state index is 0.00251. The molecule has 2 aromatic carbocycles. The number of aromatic nitrogens is 9. The summed E-state index contributed by atoms with van der Waals surface area (Å²) < 4.78 is 102. The molecule has 5 aromatic heterocycles. The Balaban J connectivity index is 1.29. The van der Waals surface area contributed by atoms with E-state index in [2.05, 4.69) is 30.3 Å². The van der Waals surface area contributed by atoms with Gasteiger partial charge in [-0.2, -0.15) is 29.1 Å². The Bertz CT molecular complexity index is 2910. The number of pyridine rings is 1. The minimum atomic E-state index is -3.59. The molecule has 62 heavy (non-hydrogen) atoms. The first-order valence-corrected chi connectivity index (χ1v) is 20.6. The number of fused-ring (bicyclic) bond motifs is 3. The van der Waals surface area contributed by atoms with E-state index in [9.17, 15) is 27.2 Å². The third kappa shape index (κ3) is 7.94. The SMILES string of the molecule is CSNc1nn(C)c2c(-n3c(C(Cc4cc(F)cc(F)c4)NC(=O)Cn4nc(C(F)F)c5c4C(F)(F)C(C)C5)nc4nc(OCCc5cnn(C)c5)ccc4c3=O)ccc(Cl)c12. The number of nitrogens with one attached hydrogen (secondary N) is 2. The van der Waals surface area contributed by atoms with Crippen LogP contribution in [0.5, 0.6) is 5.88 Å². The summed E-state index contributed by atoms with van der Waals surface area (Å²) in [7, 11) is 3.39. The van der Waals surface area contributed by atoms with Gasteiger partial charge in [-0.15, -0.1) is 0 Å². The lowest BCUT2D eigenvalue weighted by molar-refractivity contribution is -0.123. The Labute approximate surface area is 357 Å². The number of hydrogen-bond donors (Lipinski definition) is 2. The van der Waals surface area contributed by atoms with Crippen molar-refractivity contribution in [2.75, 3.05) is 17.6 Å². The first-order valence-electron chi connectivity index (χ1n) is 19.0. The second-order valence-electron chi connectivity index (χ2n) is 14.8. The van der Waals surface area contributed by atoms with Gasteiger partial charge in [-0.05, 0) is 47.9 Å². The number of nitrogens with zero attached hydrogens (tertiary/aromatic N) is 9. The van der Waals surface area contributed by atoms with Crippen molar-refractivity contribution < 1.29 is 35.9 Å². The van der Waals surface area contributed by atoms with Gasteiger partial charge in [0.25, 0.3) is 17.9 Å². The first-order chi connectivity index (χ1) is 29.5. The number of aryl methyl sites for hydroxylation is 2. The van der Waals surface area contributed by atoms with Gasteiger partial charge in [-0.25, -0.2) is 22.5 Å². The number of carbonyl (C=O) groups is 1. The van der Waals surface area contributed by atoms with Crippen LogP contribution in [-0.2, 0) is 50.6 Å². The van der Waals surface area contributed by atoms with E-state index in [0.29, 0.717) is 33.9 Å². The topological polar surface area (TPSA) is 152 Å². The van der Waals surface area contributed by atoms with Crippen LogP contribution in [0.25, 0.3) is 27.6 Å². The molecule has 5 heterocycles. The summed E-state index contributed by atoms with van der Waals surface area (Å²) in [6.07, 6.45) is 1.75. The molecule has 324 valence electrons. The van der Waals surface area contributed by atoms with E-state index >= 15 is 8.78 Å². The summed E-state index contributed by atoms with van der Waals surface area (Å²) in [6.45, 7) is 0.419. The second kappa shape index (κ2) is 16.6. The lowest BCUT2D eigenvalue weighted by Gasteiger charge is -2.24. The maximum atomic E-state index is 15.5. The third-order valence-electron chi connectivity index (χ3n) is 10.5. The highest BCUT2D eigenvalue weighted by Crippen LogP contribution is 2.48. The fraction of sp³-hybridized carbons (Fsp3) is 0.325. The number of ether oxygens (including phenoxy) is 1. The van der Waals surface area contributed by atoms with Crippen molar-refractivity contribution in [3.05, 3.63) is 116 Å². The summed E-state index contributed by atoms with van der Waals surface area (Å²) in [6, 6.07) is 7.20. The Morgan fingerprint density at radius 3 is 2.52 bits per heavy atom. The summed E-state index contributed by atoms with van der Waals surface area (Å²) in [5.41, 5.74) is -1.44. The maximum absolute atomic E-state index is 15.5. The Kier molecular flexibility index (Phi) is 11.4. The molecule has 2 atom stereocenters. The van der Waals surface area contributed by atoms with E-state index in [1.54, 1.807) is 31.2 Å². The van der Waals surface area contributed by atoms with Gasteiger partial charge in [0.1, 0.15) is 35.4 Å². The molecule has 0 fully saturated rings. The van der Waals surface area contributed by atoms with E-state index in [1.807, 2.05) is 6.20 Å². The molecular formula is C40H36ClF6N11O3S. The summed E-state index contributed by atoms with van der Waals surface area (Å²) in [4.78, 5) is 38.3. The number of halogens is 7. The van der Waals surface area contributed by atoms with Gasteiger partial charge in [0, 0.05) is 63.0 Å². The van der Waals surface area contributed by atoms with Crippen molar-refractivity contribution in [1.29, 1.82) is 0 Å². The summed E-state index contributed by atoms with van der Waals surface area (Å²) in [5.74, 6) is -7.63. The fourth-order valence-corrected chi connectivity index (χ4v) is 8.37. The zero-order valence-electron chi connectivity index (χ0n) is 33.3. The molecule has 0 bridgehead atoms. The van der Waals surface area contributed by atoms with E-state index in [1.165, 1.54) is 52.4 Å². The number of hydrogen-bond acceptors (Lipinski definition) is 10. The normalized spacial score (nSPS) is 15.1. The van der Waals surface area contributed by atoms with E-state index in [-0.39, 0.29) is 57.6 Å². The highest BCUT2D eigenvalue weighted by Gasteiger charge is 2.51. The van der Waals surface area contributed by atoms with E-state index < -0.39 is 71.8 Å². The van der Waals surface area contributed by atoms with E-state index in [4.69, 9.17) is 21.3 Å². The minimum Gasteiger partial charge on any atom is -0.477 e. The fourth-order valence-electron chi connectivity index (χ4n) is 7.79. The van der Waals surface area contributed by atoms with Crippen molar-refractivity contribution >= 4 is 57.2 Å². The monoisotopic (exact) mass is 899 g/mol. The average Bonchev–Trinajstić information content (AvgIpc) is 3.94. The lowest BCUT2D eigenvalue weighted by Crippen LogP contribution is -2.38. The van der Waals surface area contributed by atoms with Crippen LogP contribution in [0.4, 0.5) is 32.2 Å². The van der Waals surface area contributed by atoms with Gasteiger partial charge in [0.15, 0.2) is 11.5 Å². The highest BCUT2D eigenvalue weighted by atomic mass is 35.5. The van der Waals surface area contributed by atoms with Gasteiger partial charge >= 0.3 is 0 Å². The number of benzene rings is 2. The van der Waals surface area contributed by atoms with Gasteiger partial charge < -0.3 is 14.8 Å². The largest absolute Gasteiger partial charge is 0.477 e. The first kappa shape index (κ1) is 42.6. The van der Waals surface area contributed by atoms with Crippen LogP contribution in [-0.4, -0.2) is 62.6 Å². The van der Waals surface area contributed by atoms with Crippen molar-refractivity contribution in [3.63, 3.8) is 0 Å². The number of anilines is 1. The molecule has 2 unspecified atom stereocenters. The number of rotatable bonds is 14. The molecule has 7 aromatic rings. The summed E-state index contributed by atoms with van der Waals surface area (Å²) >= 11 is 7.95. The Hall–Kier alpha value is -6.09. The van der Waals surface area contributed by atoms with Gasteiger partial charge in [-0.3, -0.25) is 28.2 Å². The standard InChI is InChI=1S/C40H36ClF6N11O3S/c1-19-11-25-32(35(44)45)52-57(34(25)40(19,46)47)18-29(59)49-27(14-21-12-22(42)15-23(43)13-21)38-51-36-24(5-8-30(50-36)61-10-9-20-16-48-55(2)17-20)39(60)58(38)28-7-6-26(41)31-33(28)56(3)53-37(31)54-62-4/h5-8,12-13,15-17,19,27,35H,9-11,14,18H2,1-4H3,(H,49,59)(H,53,54). The molecule has 0 aliphatic heterocycles. The second-order valence-corrected chi connectivity index (χ2v) is 15.8. The quantitative estimate of drug-likeness (QED) is 0.0850.